The van der Waals surface area contributed by atoms with E-state index >= 15 is 0 Å². The van der Waals surface area contributed by atoms with Gasteiger partial charge < -0.3 is 15.6 Å². The van der Waals surface area contributed by atoms with Gasteiger partial charge in [0.25, 0.3) is 0 Å². The van der Waals surface area contributed by atoms with Crippen LogP contribution in [0.25, 0.3) is 33.3 Å². The lowest BCUT2D eigenvalue weighted by atomic mass is 9.96. The zero-order chi connectivity index (χ0) is 29.9. The summed E-state index contributed by atoms with van der Waals surface area (Å²) in [6.45, 7) is 23.3. The lowest BCUT2D eigenvalue weighted by molar-refractivity contribution is 0.645. The van der Waals surface area contributed by atoms with Crippen molar-refractivity contribution in [1.29, 1.82) is 0 Å². The molecule has 0 saturated heterocycles. The molecule has 0 aliphatic carbocycles. The molecule has 0 fully saturated rings. The first-order valence-corrected chi connectivity index (χ1v) is 14.0. The Balaban J connectivity index is 0.00000226. The van der Waals surface area contributed by atoms with Crippen LogP contribution in [0.2, 0.25) is 0 Å². The van der Waals surface area contributed by atoms with Crippen molar-refractivity contribution in [2.45, 2.75) is 41.0 Å². The molecule has 0 spiro atoms. The molecule has 0 radical (unpaired) electrons. The standard InChI is InChI=1S/C33H36N6.C2H6/c1-8-30(34-7)28(15-22(4)26-16-27(20-36-19-26)38-23(5)14-21(2)3)24(6)32-17-29-31(39-32)11-13-37-33(29)25-10-9-12-35-18-25;1-2/h8-13,15-21,34,38-39H,4-6,14H2,1-3,7H3;1-2H3/b28-15-,30-8+;. The van der Waals surface area contributed by atoms with Crippen LogP contribution in [0.3, 0.4) is 0 Å². The number of anilines is 1. The topological polar surface area (TPSA) is 78.5 Å². The number of hydrogen-bond acceptors (Lipinski definition) is 5. The van der Waals surface area contributed by atoms with E-state index < -0.39 is 0 Å². The van der Waals surface area contributed by atoms with Gasteiger partial charge in [-0.15, -0.1) is 0 Å². The molecule has 0 bridgehead atoms. The number of H-pyrrole nitrogens is 1. The first kappa shape index (κ1) is 30.8. The van der Waals surface area contributed by atoms with E-state index in [1.54, 1.807) is 18.6 Å². The fourth-order valence-electron chi connectivity index (χ4n) is 4.55. The van der Waals surface area contributed by atoms with E-state index in [0.717, 1.165) is 73.6 Å². The average Bonchev–Trinajstić information content (AvgIpc) is 3.43. The van der Waals surface area contributed by atoms with Crippen molar-refractivity contribution in [2.24, 2.45) is 5.92 Å². The summed E-state index contributed by atoms with van der Waals surface area (Å²) in [5, 5.41) is 7.69. The lowest BCUT2D eigenvalue weighted by Crippen LogP contribution is -2.09. The molecule has 0 amide bonds. The van der Waals surface area contributed by atoms with Gasteiger partial charge in [0, 0.05) is 82.1 Å². The molecule has 6 heteroatoms. The van der Waals surface area contributed by atoms with Gasteiger partial charge in [-0.3, -0.25) is 15.0 Å². The number of nitrogens with zero attached hydrogens (tertiary/aromatic N) is 3. The minimum atomic E-state index is 0.522. The molecule has 0 aliphatic heterocycles. The second kappa shape index (κ2) is 14.6. The van der Waals surface area contributed by atoms with E-state index in [1.807, 2.05) is 76.6 Å². The van der Waals surface area contributed by atoms with Crippen LogP contribution < -0.4 is 10.6 Å². The Bertz CT molecular complexity index is 1570. The van der Waals surface area contributed by atoms with E-state index in [0.29, 0.717) is 5.92 Å². The Morgan fingerprint density at radius 2 is 1.80 bits per heavy atom. The van der Waals surface area contributed by atoms with Crippen LogP contribution in [0, 0.1) is 5.92 Å². The minimum absolute atomic E-state index is 0.522. The molecule has 0 unspecified atom stereocenters. The number of aromatic amines is 1. The number of fused-ring (bicyclic) bond motifs is 1. The van der Waals surface area contributed by atoms with Crippen LogP contribution in [0.5, 0.6) is 0 Å². The average molecular weight is 547 g/mol. The predicted octanol–water partition coefficient (Wildman–Crippen LogP) is 8.79. The van der Waals surface area contributed by atoms with Gasteiger partial charge in [0.05, 0.1) is 17.6 Å². The summed E-state index contributed by atoms with van der Waals surface area (Å²) in [6.07, 6.45) is 14.0. The maximum Gasteiger partial charge on any atom is 0.0811 e. The number of nitrogens with one attached hydrogen (secondary N) is 3. The van der Waals surface area contributed by atoms with Crippen molar-refractivity contribution in [1.82, 2.24) is 25.3 Å². The Morgan fingerprint density at radius 3 is 2.46 bits per heavy atom. The number of likely N-dealkylation sites (N-methyl/N-ethyl adjacent to an activating group) is 1. The summed E-state index contributed by atoms with van der Waals surface area (Å²) in [7, 11) is 1.90. The molecular formula is C35H42N6. The van der Waals surface area contributed by atoms with Crippen LogP contribution in [-0.2, 0) is 0 Å². The summed E-state index contributed by atoms with van der Waals surface area (Å²) in [6, 6.07) is 10.0. The summed E-state index contributed by atoms with van der Waals surface area (Å²) in [5.41, 5.74) is 10.00. The molecule has 4 aromatic heterocycles. The smallest absolute Gasteiger partial charge is 0.0811 e. The second-order valence-electron chi connectivity index (χ2n) is 9.85. The van der Waals surface area contributed by atoms with E-state index in [9.17, 15) is 0 Å². The van der Waals surface area contributed by atoms with Gasteiger partial charge in [-0.1, -0.05) is 53.5 Å². The highest BCUT2D eigenvalue weighted by Crippen LogP contribution is 2.33. The van der Waals surface area contributed by atoms with Crippen LogP contribution in [0.15, 0.2) is 110 Å². The number of pyridine rings is 3. The second-order valence-corrected chi connectivity index (χ2v) is 9.85. The molecule has 0 aliphatic rings. The molecule has 212 valence electrons. The fraction of sp³-hybridized carbons (Fsp3) is 0.229. The largest absolute Gasteiger partial charge is 0.388 e. The Hall–Kier alpha value is -4.71. The van der Waals surface area contributed by atoms with Crippen LogP contribution in [0.4, 0.5) is 5.69 Å². The maximum atomic E-state index is 4.63. The molecule has 4 heterocycles. The Labute approximate surface area is 244 Å². The van der Waals surface area contributed by atoms with Gasteiger partial charge in [-0.05, 0) is 61.2 Å². The van der Waals surface area contributed by atoms with Crippen molar-refractivity contribution in [3.63, 3.8) is 0 Å². The summed E-state index contributed by atoms with van der Waals surface area (Å²) >= 11 is 0. The SMILES string of the molecule is C=C(CC(C)C)Nc1cncc(C(=C)/C=C(C(=C)c2cc3c(-c4cccnc4)nccc3[nH]2)\C(=C/C)NC)c1.CC. The monoisotopic (exact) mass is 546 g/mol. The molecule has 41 heavy (non-hydrogen) atoms. The molecule has 6 nitrogen and oxygen atoms in total. The third kappa shape index (κ3) is 7.70. The minimum Gasteiger partial charge on any atom is -0.388 e. The van der Waals surface area contributed by atoms with Crippen molar-refractivity contribution < 1.29 is 0 Å². The summed E-state index contributed by atoms with van der Waals surface area (Å²) < 4.78 is 0. The van der Waals surface area contributed by atoms with Crippen molar-refractivity contribution in [3.8, 4) is 11.3 Å². The molecule has 3 N–H and O–H groups in total. The first-order valence-electron chi connectivity index (χ1n) is 14.0. The van der Waals surface area contributed by atoms with Crippen molar-refractivity contribution >= 4 is 27.7 Å². The van der Waals surface area contributed by atoms with Crippen LogP contribution in [-0.4, -0.2) is 27.0 Å². The number of hydrogen-bond donors (Lipinski definition) is 3. The summed E-state index contributed by atoms with van der Waals surface area (Å²) in [4.78, 5) is 16.9. The number of aromatic nitrogens is 4. The molecule has 4 rings (SSSR count). The quantitative estimate of drug-likeness (QED) is 0.164. The van der Waals surface area contributed by atoms with Crippen molar-refractivity contribution in [3.05, 3.63) is 121 Å². The number of allylic oxidation sites excluding steroid dienone is 5. The van der Waals surface area contributed by atoms with Gasteiger partial charge in [-0.2, -0.15) is 0 Å². The maximum absolute atomic E-state index is 4.63. The molecule has 4 aromatic rings. The van der Waals surface area contributed by atoms with E-state index in [4.69, 9.17) is 0 Å². The van der Waals surface area contributed by atoms with Gasteiger partial charge in [0.1, 0.15) is 0 Å². The van der Waals surface area contributed by atoms with Gasteiger partial charge in [0.2, 0.25) is 0 Å². The first-order chi connectivity index (χ1) is 19.8. The third-order valence-electron chi connectivity index (χ3n) is 6.38. The zero-order valence-corrected chi connectivity index (χ0v) is 25.2. The van der Waals surface area contributed by atoms with E-state index in [2.05, 4.69) is 70.2 Å². The third-order valence-corrected chi connectivity index (χ3v) is 6.38. The molecule has 0 aromatic carbocycles. The predicted molar refractivity (Wildman–Crippen MR) is 176 cm³/mol. The normalized spacial score (nSPS) is 11.6. The Kier molecular flexibility index (Phi) is 11.0. The van der Waals surface area contributed by atoms with Gasteiger partial charge in [0.15, 0.2) is 0 Å². The number of rotatable bonds is 11. The fourth-order valence-corrected chi connectivity index (χ4v) is 4.55. The Morgan fingerprint density at radius 1 is 1.02 bits per heavy atom. The molecular weight excluding hydrogens is 504 g/mol. The van der Waals surface area contributed by atoms with Crippen LogP contribution in [0.1, 0.15) is 52.3 Å². The highest BCUT2D eigenvalue weighted by Gasteiger charge is 2.16. The zero-order valence-electron chi connectivity index (χ0n) is 25.2. The molecule has 0 atom stereocenters. The van der Waals surface area contributed by atoms with Gasteiger partial charge in [-0.25, -0.2) is 0 Å². The van der Waals surface area contributed by atoms with Gasteiger partial charge >= 0.3 is 0 Å². The highest BCUT2D eigenvalue weighted by atomic mass is 14.9. The van der Waals surface area contributed by atoms with E-state index in [1.165, 1.54) is 0 Å². The lowest BCUT2D eigenvalue weighted by Gasteiger charge is -2.16. The van der Waals surface area contributed by atoms with Crippen LogP contribution >= 0.6 is 0 Å². The van der Waals surface area contributed by atoms with Crippen molar-refractivity contribution in [2.75, 3.05) is 12.4 Å². The molecule has 0 saturated carbocycles. The highest BCUT2D eigenvalue weighted by molar-refractivity contribution is 5.97. The summed E-state index contributed by atoms with van der Waals surface area (Å²) in [5.74, 6) is 0.522. The van der Waals surface area contributed by atoms with E-state index in [-0.39, 0.29) is 0 Å².